The van der Waals surface area contributed by atoms with Crippen molar-refractivity contribution in [2.75, 3.05) is 5.32 Å². The molecule has 0 saturated carbocycles. The van der Waals surface area contributed by atoms with Crippen molar-refractivity contribution >= 4 is 17.3 Å². The van der Waals surface area contributed by atoms with Crippen LogP contribution in [0.15, 0.2) is 42.5 Å². The number of hydrogen-bond acceptors (Lipinski definition) is 3. The number of fused-ring (bicyclic) bond motifs is 2. The van der Waals surface area contributed by atoms with Gasteiger partial charge in [0.2, 0.25) is 0 Å². The second kappa shape index (κ2) is 4.09. The summed E-state index contributed by atoms with van der Waals surface area (Å²) >= 11 is 0. The average Bonchev–Trinajstić information content (AvgIpc) is 2.54. The third-order valence-electron chi connectivity index (χ3n) is 2.79. The van der Waals surface area contributed by atoms with E-state index >= 15 is 0 Å². The zero-order valence-electron chi connectivity index (χ0n) is 9.66. The Morgan fingerprint density at radius 1 is 1.11 bits per heavy atom. The molecule has 2 N–H and O–H groups in total. The molecule has 94 valence electrons. The number of para-hydroxylation sites is 2. The third kappa shape index (κ3) is 1.89. The predicted octanol–water partition coefficient (Wildman–Crippen LogP) is 2.84. The first-order valence-corrected chi connectivity index (χ1v) is 5.53. The van der Waals surface area contributed by atoms with E-state index in [0.29, 0.717) is 17.0 Å². The molecule has 0 aromatic heterocycles. The van der Waals surface area contributed by atoms with Crippen molar-refractivity contribution in [3.05, 3.63) is 52.9 Å². The molecular formula is C13H9N2O4+. The Morgan fingerprint density at radius 2 is 1.89 bits per heavy atom. The maximum Gasteiger partial charge on any atom is 0.320 e. The molecule has 0 aliphatic carbocycles. The van der Waals surface area contributed by atoms with Crippen molar-refractivity contribution in [3.8, 4) is 11.5 Å². The number of carbonyl (C=O) groups is 1. The Labute approximate surface area is 107 Å². The molecule has 2 aromatic carbocycles. The Balaban J connectivity index is 2.15. The second-order valence-corrected chi connectivity index (χ2v) is 4.01. The van der Waals surface area contributed by atoms with Crippen molar-refractivity contribution in [2.45, 2.75) is 0 Å². The maximum atomic E-state index is 12.0. The molecule has 19 heavy (non-hydrogen) atoms. The van der Waals surface area contributed by atoms with Crippen LogP contribution in [0, 0.1) is 4.91 Å². The van der Waals surface area contributed by atoms with E-state index in [4.69, 9.17) is 9.94 Å². The zero-order valence-corrected chi connectivity index (χ0v) is 9.66. The first kappa shape index (κ1) is 11.2. The topological polar surface area (TPSA) is 78.6 Å². The lowest BCUT2D eigenvalue weighted by Crippen LogP contribution is -2.10. The quantitative estimate of drug-likeness (QED) is 0.770. The fourth-order valence-corrected chi connectivity index (χ4v) is 1.87. The van der Waals surface area contributed by atoms with Crippen LogP contribution < -0.4 is 10.1 Å². The molecule has 1 aliphatic rings. The molecule has 1 aliphatic heterocycles. The van der Waals surface area contributed by atoms with Gasteiger partial charge in [-0.05, 0) is 18.2 Å². The number of amides is 1. The van der Waals surface area contributed by atoms with Crippen molar-refractivity contribution in [1.29, 1.82) is 0 Å². The number of nitrogens with one attached hydrogen (secondary N) is 1. The van der Waals surface area contributed by atoms with Crippen LogP contribution in [0.5, 0.6) is 11.5 Å². The van der Waals surface area contributed by atoms with Crippen LogP contribution in [0.3, 0.4) is 0 Å². The van der Waals surface area contributed by atoms with E-state index < -0.39 is 0 Å². The van der Waals surface area contributed by atoms with Crippen molar-refractivity contribution in [1.82, 2.24) is 0 Å². The van der Waals surface area contributed by atoms with E-state index in [1.165, 1.54) is 18.2 Å². The normalized spacial score (nSPS) is 12.5. The van der Waals surface area contributed by atoms with Gasteiger partial charge in [-0.2, -0.15) is 0 Å². The second-order valence-electron chi connectivity index (χ2n) is 4.01. The Kier molecular flexibility index (Phi) is 2.42. The van der Waals surface area contributed by atoms with Gasteiger partial charge in [0.15, 0.2) is 5.75 Å². The van der Waals surface area contributed by atoms with Crippen LogP contribution in [0.1, 0.15) is 10.4 Å². The Hall–Kier alpha value is -2.89. The zero-order chi connectivity index (χ0) is 13.4. The van der Waals surface area contributed by atoms with E-state index in [1.807, 2.05) is 0 Å². The summed E-state index contributed by atoms with van der Waals surface area (Å²) < 4.78 is 5.60. The van der Waals surface area contributed by atoms with Crippen LogP contribution in [-0.2, 0) is 0 Å². The largest absolute Gasteiger partial charge is 0.454 e. The maximum absolute atomic E-state index is 12.0. The summed E-state index contributed by atoms with van der Waals surface area (Å²) in [4.78, 5) is 22.6. The molecule has 0 unspecified atom stereocenters. The molecule has 6 nitrogen and oxygen atoms in total. The minimum Gasteiger partial charge on any atom is -0.454 e. The lowest BCUT2D eigenvalue weighted by atomic mass is 10.1. The fraction of sp³-hybridized carbons (Fsp3) is 0. The van der Waals surface area contributed by atoms with Gasteiger partial charge in [0.25, 0.3) is 10.8 Å². The molecule has 0 bridgehead atoms. The number of anilines is 1. The van der Waals surface area contributed by atoms with Crippen LogP contribution in [-0.4, -0.2) is 16.0 Å². The highest BCUT2D eigenvalue weighted by Crippen LogP contribution is 2.36. The minimum atomic E-state index is -0.332. The van der Waals surface area contributed by atoms with Gasteiger partial charge >= 0.3 is 5.69 Å². The Morgan fingerprint density at radius 3 is 2.68 bits per heavy atom. The van der Waals surface area contributed by atoms with Crippen LogP contribution in [0.25, 0.3) is 0 Å². The highest BCUT2D eigenvalue weighted by molar-refractivity contribution is 6.08. The summed E-state index contributed by atoms with van der Waals surface area (Å²) in [5.74, 6) is 0.360. The highest BCUT2D eigenvalue weighted by Gasteiger charge is 2.24. The molecule has 3 rings (SSSR count). The van der Waals surface area contributed by atoms with Crippen LogP contribution in [0.4, 0.5) is 11.4 Å². The molecule has 1 heterocycles. The molecule has 0 spiro atoms. The molecule has 0 atom stereocenters. The van der Waals surface area contributed by atoms with Gasteiger partial charge in [-0.1, -0.05) is 12.1 Å². The van der Waals surface area contributed by atoms with Gasteiger partial charge in [0, 0.05) is 6.07 Å². The van der Waals surface area contributed by atoms with E-state index in [-0.39, 0.29) is 22.3 Å². The lowest BCUT2D eigenvalue weighted by molar-refractivity contribution is -0.729. The summed E-state index contributed by atoms with van der Waals surface area (Å²) in [7, 11) is 0. The number of nitrogens with zero attached hydrogens (tertiary/aromatic N) is 1. The minimum absolute atomic E-state index is 0.00840. The summed E-state index contributed by atoms with van der Waals surface area (Å²) in [5, 5.41) is 11.6. The van der Waals surface area contributed by atoms with E-state index in [0.717, 1.165) is 0 Å². The van der Waals surface area contributed by atoms with Gasteiger partial charge in [-0.25, -0.2) is 5.21 Å². The first-order chi connectivity index (χ1) is 9.15. The number of carbonyl (C=O) groups excluding carboxylic acids is 1. The SMILES string of the molecule is O=C1Nc2ccccc2Oc2cc([N+](=O)O)ccc21. The van der Waals surface area contributed by atoms with Gasteiger partial charge in [0.1, 0.15) is 5.75 Å². The molecule has 1 amide bonds. The standard InChI is InChI=1S/C13H8N2O4/c16-13-9-6-5-8(15(17)18)7-12(9)19-11-4-2-1-3-10(11)14-13/h1-7H,(H-,14,16,17,18)/p+1. The molecule has 0 radical (unpaired) electrons. The summed E-state index contributed by atoms with van der Waals surface area (Å²) in [6.45, 7) is 0. The van der Waals surface area contributed by atoms with E-state index in [2.05, 4.69) is 5.32 Å². The third-order valence-corrected chi connectivity index (χ3v) is 2.79. The number of benzene rings is 2. The summed E-state index contributed by atoms with van der Waals surface area (Å²) in [6.07, 6.45) is 0. The first-order valence-electron chi connectivity index (χ1n) is 5.53. The smallest absolute Gasteiger partial charge is 0.320 e. The van der Waals surface area contributed by atoms with Crippen molar-refractivity contribution < 1.29 is 19.7 Å². The van der Waals surface area contributed by atoms with Crippen molar-refractivity contribution in [3.63, 3.8) is 0 Å². The van der Waals surface area contributed by atoms with Gasteiger partial charge in [-0.15, -0.1) is 0 Å². The Bertz CT molecular complexity index is 697. The van der Waals surface area contributed by atoms with Gasteiger partial charge in [0.05, 0.1) is 22.2 Å². The molecule has 2 aromatic rings. The van der Waals surface area contributed by atoms with E-state index in [9.17, 15) is 9.70 Å². The summed E-state index contributed by atoms with van der Waals surface area (Å²) in [5.41, 5.74) is 0.834. The number of hydrogen-bond donors (Lipinski definition) is 2. The number of rotatable bonds is 1. The molecule has 0 fully saturated rings. The van der Waals surface area contributed by atoms with Crippen LogP contribution >= 0.6 is 0 Å². The van der Waals surface area contributed by atoms with E-state index in [1.54, 1.807) is 24.3 Å². The fourth-order valence-electron chi connectivity index (χ4n) is 1.87. The van der Waals surface area contributed by atoms with Crippen molar-refractivity contribution in [2.24, 2.45) is 0 Å². The van der Waals surface area contributed by atoms with Crippen LogP contribution in [0.2, 0.25) is 0 Å². The average molecular weight is 257 g/mol. The monoisotopic (exact) mass is 257 g/mol. The molecule has 0 saturated heterocycles. The molecular weight excluding hydrogens is 248 g/mol. The number of ether oxygens (including phenoxy) is 1. The van der Waals surface area contributed by atoms with Gasteiger partial charge < -0.3 is 10.1 Å². The summed E-state index contributed by atoms with van der Waals surface area (Å²) in [6, 6.07) is 11.0. The highest BCUT2D eigenvalue weighted by atomic mass is 16.6. The lowest BCUT2D eigenvalue weighted by Gasteiger charge is -2.05. The van der Waals surface area contributed by atoms with Gasteiger partial charge in [-0.3, -0.25) is 4.79 Å². The molecule has 6 heteroatoms. The predicted molar refractivity (Wildman–Crippen MR) is 66.0 cm³/mol.